The fourth-order valence-corrected chi connectivity index (χ4v) is 5.04. The normalized spacial score (nSPS) is 15.7. The second-order valence-corrected chi connectivity index (χ2v) is 10.3. The molecule has 0 amide bonds. The lowest BCUT2D eigenvalue weighted by molar-refractivity contribution is 0.367. The van der Waals surface area contributed by atoms with Crippen LogP contribution >= 0.6 is 0 Å². The van der Waals surface area contributed by atoms with Crippen LogP contribution in [-0.2, 0) is 6.54 Å². The Morgan fingerprint density at radius 2 is 1.82 bits per heavy atom. The SMILES string of the molecule is CC(C)[C@H]1CN(c2nc(-c3ccc4[nH]nc(N)c4c3)nnc2NCc2cccc(-c3ccccc3)c2)CCN1. The van der Waals surface area contributed by atoms with Crippen molar-refractivity contribution in [1.82, 2.24) is 30.7 Å². The minimum absolute atomic E-state index is 0.370. The van der Waals surface area contributed by atoms with Crippen molar-refractivity contribution in [3.63, 3.8) is 0 Å². The molecular formula is C30H33N9. The summed E-state index contributed by atoms with van der Waals surface area (Å²) in [5.74, 6) is 3.01. The van der Waals surface area contributed by atoms with Crippen LogP contribution < -0.4 is 21.3 Å². The highest BCUT2D eigenvalue weighted by Gasteiger charge is 2.26. The predicted octanol–water partition coefficient (Wildman–Crippen LogP) is 4.71. The topological polar surface area (TPSA) is 121 Å². The average molecular weight is 520 g/mol. The van der Waals surface area contributed by atoms with Crippen LogP contribution in [0.1, 0.15) is 19.4 Å². The van der Waals surface area contributed by atoms with Crippen LogP contribution in [0, 0.1) is 5.92 Å². The Balaban J connectivity index is 1.32. The average Bonchev–Trinajstić information content (AvgIpc) is 3.36. The molecule has 3 heterocycles. The Hall–Kier alpha value is -4.50. The third-order valence-electron chi connectivity index (χ3n) is 7.32. The number of rotatable bonds is 7. The molecule has 1 saturated heterocycles. The van der Waals surface area contributed by atoms with Crippen molar-refractivity contribution < 1.29 is 0 Å². The van der Waals surface area contributed by atoms with Gasteiger partial charge in [-0.05, 0) is 46.9 Å². The lowest BCUT2D eigenvalue weighted by Crippen LogP contribution is -2.53. The van der Waals surface area contributed by atoms with Gasteiger partial charge in [-0.2, -0.15) is 5.10 Å². The Kier molecular flexibility index (Phi) is 6.81. The quantitative estimate of drug-likeness (QED) is 0.244. The highest BCUT2D eigenvalue weighted by Crippen LogP contribution is 2.29. The van der Waals surface area contributed by atoms with Gasteiger partial charge in [0.2, 0.25) is 0 Å². The van der Waals surface area contributed by atoms with Crippen molar-refractivity contribution in [3.05, 3.63) is 78.4 Å². The van der Waals surface area contributed by atoms with Crippen LogP contribution in [0.25, 0.3) is 33.4 Å². The molecule has 1 fully saturated rings. The standard InChI is InChI=1S/C30H33N9/c1-19(2)26-18-39(14-13-32-26)30-29(33-17-20-7-6-10-22(15-20)21-8-4-3-5-9-21)38-37-28(34-30)23-11-12-25-24(16-23)27(31)36-35-25/h3-12,15-16,19,26,32H,13-14,17-18H2,1-2H3,(H,33,38)(H3,31,35,36)/t26-/m1/s1. The summed E-state index contributed by atoms with van der Waals surface area (Å²) >= 11 is 0. The molecule has 1 aliphatic rings. The maximum atomic E-state index is 6.06. The van der Waals surface area contributed by atoms with Crippen molar-refractivity contribution in [1.29, 1.82) is 0 Å². The fraction of sp³-hybridized carbons (Fsp3) is 0.267. The number of aromatic amines is 1. The second kappa shape index (κ2) is 10.7. The van der Waals surface area contributed by atoms with Gasteiger partial charge in [0.15, 0.2) is 23.3 Å². The van der Waals surface area contributed by atoms with Crippen LogP contribution in [0.15, 0.2) is 72.8 Å². The fourth-order valence-electron chi connectivity index (χ4n) is 5.04. The summed E-state index contributed by atoms with van der Waals surface area (Å²) in [5, 5.41) is 24.2. The molecule has 6 rings (SSSR count). The van der Waals surface area contributed by atoms with Crippen LogP contribution in [0.3, 0.4) is 0 Å². The van der Waals surface area contributed by atoms with E-state index in [4.69, 9.17) is 10.7 Å². The number of aromatic nitrogens is 5. The van der Waals surface area contributed by atoms with Gasteiger partial charge in [-0.15, -0.1) is 10.2 Å². The molecule has 0 unspecified atom stereocenters. The molecule has 2 aromatic heterocycles. The molecule has 0 spiro atoms. The first-order chi connectivity index (χ1) is 19.0. The van der Waals surface area contributed by atoms with Gasteiger partial charge in [0.1, 0.15) is 0 Å². The zero-order valence-corrected chi connectivity index (χ0v) is 22.2. The predicted molar refractivity (Wildman–Crippen MR) is 157 cm³/mol. The Morgan fingerprint density at radius 1 is 0.974 bits per heavy atom. The van der Waals surface area contributed by atoms with Crippen molar-refractivity contribution in [2.75, 3.05) is 35.6 Å². The first kappa shape index (κ1) is 24.8. The smallest absolute Gasteiger partial charge is 0.192 e. The molecule has 0 saturated carbocycles. The monoisotopic (exact) mass is 519 g/mol. The van der Waals surface area contributed by atoms with Gasteiger partial charge in [0.25, 0.3) is 0 Å². The number of fused-ring (bicyclic) bond motifs is 1. The first-order valence-corrected chi connectivity index (χ1v) is 13.4. The van der Waals surface area contributed by atoms with Crippen molar-refractivity contribution >= 4 is 28.4 Å². The molecular weight excluding hydrogens is 486 g/mol. The maximum absolute atomic E-state index is 6.06. The number of nitrogens with zero attached hydrogens (tertiary/aromatic N) is 5. The van der Waals surface area contributed by atoms with Crippen molar-refractivity contribution in [2.24, 2.45) is 5.92 Å². The molecule has 39 heavy (non-hydrogen) atoms. The van der Waals surface area contributed by atoms with Gasteiger partial charge >= 0.3 is 0 Å². The highest BCUT2D eigenvalue weighted by atomic mass is 15.3. The van der Waals surface area contributed by atoms with Gasteiger partial charge < -0.3 is 21.3 Å². The van der Waals surface area contributed by atoms with E-state index in [0.29, 0.717) is 36.0 Å². The number of nitrogen functional groups attached to an aromatic ring is 1. The summed E-state index contributed by atoms with van der Waals surface area (Å²) in [5.41, 5.74) is 11.3. The summed E-state index contributed by atoms with van der Waals surface area (Å²) in [4.78, 5) is 7.36. The molecule has 0 bridgehead atoms. The van der Waals surface area contributed by atoms with Gasteiger partial charge in [-0.3, -0.25) is 5.10 Å². The molecule has 9 nitrogen and oxygen atoms in total. The van der Waals surface area contributed by atoms with E-state index in [1.807, 2.05) is 24.3 Å². The Morgan fingerprint density at radius 3 is 2.67 bits per heavy atom. The summed E-state index contributed by atoms with van der Waals surface area (Å²) < 4.78 is 0. The molecule has 5 N–H and O–H groups in total. The molecule has 198 valence electrons. The maximum Gasteiger partial charge on any atom is 0.192 e. The van der Waals surface area contributed by atoms with E-state index in [-0.39, 0.29) is 0 Å². The number of nitrogens with one attached hydrogen (secondary N) is 3. The number of H-pyrrole nitrogens is 1. The lowest BCUT2D eigenvalue weighted by atomic mass is 10.0. The minimum Gasteiger partial charge on any atom is -0.382 e. The number of nitrogens with two attached hydrogens (primary N) is 1. The number of benzene rings is 3. The van der Waals surface area contributed by atoms with E-state index in [2.05, 4.69) is 98.3 Å². The van der Waals surface area contributed by atoms with E-state index in [1.54, 1.807) is 0 Å². The van der Waals surface area contributed by atoms with Crippen LogP contribution in [0.2, 0.25) is 0 Å². The largest absolute Gasteiger partial charge is 0.382 e. The Labute approximate surface area is 227 Å². The minimum atomic E-state index is 0.370. The zero-order valence-electron chi connectivity index (χ0n) is 22.2. The van der Waals surface area contributed by atoms with Crippen molar-refractivity contribution in [2.45, 2.75) is 26.4 Å². The van der Waals surface area contributed by atoms with Gasteiger partial charge in [0, 0.05) is 43.2 Å². The number of hydrogen-bond acceptors (Lipinski definition) is 8. The molecule has 0 aliphatic carbocycles. The van der Waals surface area contributed by atoms with Crippen LogP contribution in [-0.4, -0.2) is 51.1 Å². The summed E-state index contributed by atoms with van der Waals surface area (Å²) in [6, 6.07) is 25.2. The number of piperazine rings is 1. The van der Waals surface area contributed by atoms with Gasteiger partial charge in [-0.25, -0.2) is 4.98 Å². The third kappa shape index (κ3) is 5.26. The number of anilines is 3. The molecule has 1 atom stereocenters. The summed E-state index contributed by atoms with van der Waals surface area (Å²) in [7, 11) is 0. The number of hydrogen-bond donors (Lipinski definition) is 4. The van der Waals surface area contributed by atoms with Crippen LogP contribution in [0.4, 0.5) is 17.5 Å². The third-order valence-corrected chi connectivity index (χ3v) is 7.32. The van der Waals surface area contributed by atoms with Crippen molar-refractivity contribution in [3.8, 4) is 22.5 Å². The van der Waals surface area contributed by atoms with E-state index < -0.39 is 0 Å². The van der Waals surface area contributed by atoms with Gasteiger partial charge in [0.05, 0.1) is 5.52 Å². The van der Waals surface area contributed by atoms with Crippen LogP contribution in [0.5, 0.6) is 0 Å². The molecule has 5 aromatic rings. The zero-order chi connectivity index (χ0) is 26.8. The highest BCUT2D eigenvalue weighted by molar-refractivity contribution is 5.91. The van der Waals surface area contributed by atoms with Gasteiger partial charge in [-0.1, -0.05) is 62.4 Å². The summed E-state index contributed by atoms with van der Waals surface area (Å²) in [6.07, 6.45) is 0. The second-order valence-electron chi connectivity index (χ2n) is 10.3. The molecule has 9 heteroatoms. The molecule has 0 radical (unpaired) electrons. The van der Waals surface area contributed by atoms with E-state index in [9.17, 15) is 0 Å². The van der Waals surface area contributed by atoms with E-state index in [0.717, 1.165) is 47.5 Å². The summed E-state index contributed by atoms with van der Waals surface area (Å²) in [6.45, 7) is 7.68. The molecule has 1 aliphatic heterocycles. The Bertz CT molecular complexity index is 1580. The lowest BCUT2D eigenvalue weighted by Gasteiger charge is -2.37. The van der Waals surface area contributed by atoms with E-state index >= 15 is 0 Å². The molecule has 3 aromatic carbocycles. The van der Waals surface area contributed by atoms with E-state index in [1.165, 1.54) is 11.1 Å². The first-order valence-electron chi connectivity index (χ1n) is 13.4.